The first-order valence-corrected chi connectivity index (χ1v) is 13.0. The van der Waals surface area contributed by atoms with Crippen molar-refractivity contribution >= 4 is 29.2 Å². The third-order valence-corrected chi connectivity index (χ3v) is 7.74. The summed E-state index contributed by atoms with van der Waals surface area (Å²) in [5, 5.41) is 11.6. The summed E-state index contributed by atoms with van der Waals surface area (Å²) >= 11 is 13.3. The largest absolute Gasteiger partial charge is 0.484 e. The number of aliphatic hydroxyl groups is 1. The van der Waals surface area contributed by atoms with E-state index >= 15 is 0 Å². The van der Waals surface area contributed by atoms with Crippen molar-refractivity contribution in [2.45, 2.75) is 78.2 Å². The quantitative estimate of drug-likeness (QED) is 0.328. The van der Waals surface area contributed by atoms with Gasteiger partial charge in [-0.1, -0.05) is 76.0 Å². The second-order valence-corrected chi connectivity index (χ2v) is 11.1. The fraction of sp³-hybridized carbons (Fsp3) is 0.483. The van der Waals surface area contributed by atoms with E-state index in [1.807, 2.05) is 39.0 Å². The molecule has 0 fully saturated rings. The third kappa shape index (κ3) is 6.41. The summed E-state index contributed by atoms with van der Waals surface area (Å²) in [4.78, 5) is 11.3. The fourth-order valence-electron chi connectivity index (χ4n) is 4.59. The normalized spacial score (nSPS) is 15.1. The van der Waals surface area contributed by atoms with Crippen LogP contribution in [0.3, 0.4) is 0 Å². The zero-order valence-electron chi connectivity index (χ0n) is 21.3. The number of ether oxygens (including phenoxy) is 2. The molecular weight excluding hydrogens is 483 g/mol. The second kappa shape index (κ2) is 11.4. The van der Waals surface area contributed by atoms with Gasteiger partial charge in [-0.05, 0) is 72.1 Å². The first-order chi connectivity index (χ1) is 16.5. The second-order valence-electron chi connectivity index (χ2n) is 10.3. The molecule has 2 aromatic carbocycles. The molecule has 35 heavy (non-hydrogen) atoms. The minimum Gasteiger partial charge on any atom is -0.484 e. The van der Waals surface area contributed by atoms with Gasteiger partial charge in [0.2, 0.25) is 0 Å². The fourth-order valence-corrected chi connectivity index (χ4v) is 5.10. The molecule has 3 rings (SSSR count). The number of aryl methyl sites for hydroxylation is 1. The predicted octanol–water partition coefficient (Wildman–Crippen LogP) is 7.65. The maximum absolute atomic E-state index is 11.3. The van der Waals surface area contributed by atoms with Crippen molar-refractivity contribution in [3.8, 4) is 5.75 Å². The Morgan fingerprint density at radius 3 is 2.17 bits per heavy atom. The number of esters is 1. The highest BCUT2D eigenvalue weighted by atomic mass is 35.5. The maximum atomic E-state index is 11.3. The topological polar surface area (TPSA) is 55.8 Å². The standard InChI is InChI=1S/C29H36Cl2O4/c1-6-29(7-2,20-10-8-19(23(30)16-20)9-14-26(32)28(3,4)5)21-11-13-25(24(31)17-21)34-18-22-12-15-27(33)35-22/h8,10-13,16-17,26,32H,6-7,9,14-15,18H2,1-5H3. The summed E-state index contributed by atoms with van der Waals surface area (Å²) in [5.74, 6) is 0.790. The lowest BCUT2D eigenvalue weighted by atomic mass is 9.70. The average Bonchev–Trinajstić information content (AvgIpc) is 3.23. The summed E-state index contributed by atoms with van der Waals surface area (Å²) in [6, 6.07) is 12.2. The zero-order chi connectivity index (χ0) is 25.8. The van der Waals surface area contributed by atoms with Crippen molar-refractivity contribution < 1.29 is 19.4 Å². The summed E-state index contributed by atoms with van der Waals surface area (Å²) in [7, 11) is 0. The Morgan fingerprint density at radius 1 is 1.03 bits per heavy atom. The minimum atomic E-state index is -0.386. The summed E-state index contributed by atoms with van der Waals surface area (Å²) in [6.07, 6.45) is 4.77. The van der Waals surface area contributed by atoms with E-state index < -0.39 is 0 Å². The Morgan fingerprint density at radius 2 is 1.66 bits per heavy atom. The van der Waals surface area contributed by atoms with Crippen LogP contribution in [0.1, 0.15) is 77.0 Å². The number of carbonyl (C=O) groups is 1. The Hall–Kier alpha value is -2.01. The molecule has 1 N–H and O–H groups in total. The zero-order valence-corrected chi connectivity index (χ0v) is 22.8. The van der Waals surface area contributed by atoms with Crippen LogP contribution < -0.4 is 4.74 Å². The highest BCUT2D eigenvalue weighted by Crippen LogP contribution is 2.42. The van der Waals surface area contributed by atoms with Crippen LogP contribution in [0.4, 0.5) is 0 Å². The highest BCUT2D eigenvalue weighted by Gasteiger charge is 2.32. The van der Waals surface area contributed by atoms with Gasteiger partial charge in [-0.3, -0.25) is 4.79 Å². The molecule has 0 radical (unpaired) electrons. The van der Waals surface area contributed by atoms with Crippen LogP contribution >= 0.6 is 23.2 Å². The van der Waals surface area contributed by atoms with Crippen molar-refractivity contribution in [2.75, 3.05) is 6.61 Å². The average molecular weight is 520 g/mol. The molecule has 0 aromatic heterocycles. The van der Waals surface area contributed by atoms with E-state index in [9.17, 15) is 9.90 Å². The van der Waals surface area contributed by atoms with Crippen molar-refractivity contribution in [3.63, 3.8) is 0 Å². The van der Waals surface area contributed by atoms with Crippen molar-refractivity contribution in [3.05, 3.63) is 75.0 Å². The van der Waals surface area contributed by atoms with Crippen LogP contribution in [-0.4, -0.2) is 23.8 Å². The van der Waals surface area contributed by atoms with E-state index in [0.717, 1.165) is 41.0 Å². The van der Waals surface area contributed by atoms with Crippen molar-refractivity contribution in [1.82, 2.24) is 0 Å². The number of cyclic esters (lactones) is 1. The molecule has 0 spiro atoms. The molecule has 1 aliphatic rings. The lowest BCUT2D eigenvalue weighted by Gasteiger charge is -2.34. The lowest BCUT2D eigenvalue weighted by Crippen LogP contribution is -2.27. The molecule has 4 nitrogen and oxygen atoms in total. The van der Waals surface area contributed by atoms with Gasteiger partial charge < -0.3 is 14.6 Å². The molecule has 0 amide bonds. The lowest BCUT2D eigenvalue weighted by molar-refractivity contribution is -0.136. The number of benzene rings is 2. The van der Waals surface area contributed by atoms with Crippen molar-refractivity contribution in [2.24, 2.45) is 5.41 Å². The van der Waals surface area contributed by atoms with E-state index in [1.165, 1.54) is 0 Å². The number of aliphatic hydroxyl groups excluding tert-OH is 1. The van der Waals surface area contributed by atoms with E-state index in [0.29, 0.717) is 23.0 Å². The smallest absolute Gasteiger partial charge is 0.314 e. The molecule has 0 saturated heterocycles. The first kappa shape index (κ1) is 27.6. The van der Waals surface area contributed by atoms with Gasteiger partial charge >= 0.3 is 5.97 Å². The van der Waals surface area contributed by atoms with E-state index in [4.69, 9.17) is 32.7 Å². The first-order valence-electron chi connectivity index (χ1n) is 12.3. The number of rotatable bonds is 10. The predicted molar refractivity (Wildman–Crippen MR) is 142 cm³/mol. The Balaban J connectivity index is 1.81. The van der Waals surface area contributed by atoms with Crippen LogP contribution in [0.25, 0.3) is 0 Å². The molecule has 0 bridgehead atoms. The third-order valence-electron chi connectivity index (χ3n) is 7.10. The Kier molecular flexibility index (Phi) is 8.96. The monoisotopic (exact) mass is 518 g/mol. The number of hydrogen-bond donors (Lipinski definition) is 1. The minimum absolute atomic E-state index is 0.153. The Labute approximate surface area is 219 Å². The summed E-state index contributed by atoms with van der Waals surface area (Å²) in [5.41, 5.74) is 2.88. The molecule has 190 valence electrons. The van der Waals surface area contributed by atoms with E-state index in [-0.39, 0.29) is 35.9 Å². The molecule has 1 heterocycles. The Bertz CT molecular complexity index is 1080. The van der Waals surface area contributed by atoms with Gasteiger partial charge in [-0.2, -0.15) is 0 Å². The van der Waals surface area contributed by atoms with Gasteiger partial charge in [0.05, 0.1) is 17.5 Å². The molecule has 1 aliphatic heterocycles. The SMILES string of the molecule is CCC(CC)(c1ccc(CCC(O)C(C)(C)C)c(Cl)c1)c1ccc(OCC2=CCC(=O)O2)c(Cl)c1. The number of halogens is 2. The maximum Gasteiger partial charge on any atom is 0.314 e. The van der Waals surface area contributed by atoms with Gasteiger partial charge in [0.1, 0.15) is 18.1 Å². The van der Waals surface area contributed by atoms with Crippen molar-refractivity contribution in [1.29, 1.82) is 0 Å². The number of carbonyl (C=O) groups excluding carboxylic acids is 1. The van der Waals surface area contributed by atoms with Crippen LogP contribution in [0.2, 0.25) is 10.0 Å². The summed E-state index contributed by atoms with van der Waals surface area (Å²) < 4.78 is 10.9. The van der Waals surface area contributed by atoms with Gasteiger partial charge in [-0.25, -0.2) is 0 Å². The van der Waals surface area contributed by atoms with Gasteiger partial charge in [0, 0.05) is 10.4 Å². The molecule has 1 atom stereocenters. The van der Waals surface area contributed by atoms with E-state index in [1.54, 1.807) is 6.08 Å². The molecule has 1 unspecified atom stereocenters. The molecule has 2 aromatic rings. The molecule has 0 saturated carbocycles. The summed E-state index contributed by atoms with van der Waals surface area (Å²) in [6.45, 7) is 10.6. The number of hydrogen-bond acceptors (Lipinski definition) is 4. The molecule has 6 heteroatoms. The molecular formula is C29H36Cl2O4. The van der Waals surface area contributed by atoms with Gasteiger partial charge in [0.15, 0.2) is 0 Å². The van der Waals surface area contributed by atoms with Gasteiger partial charge in [0.25, 0.3) is 0 Å². The van der Waals surface area contributed by atoms with Crippen LogP contribution in [0.5, 0.6) is 5.75 Å². The van der Waals surface area contributed by atoms with E-state index in [2.05, 4.69) is 32.0 Å². The van der Waals surface area contributed by atoms with Crippen LogP contribution in [0, 0.1) is 5.41 Å². The molecule has 0 aliphatic carbocycles. The highest BCUT2D eigenvalue weighted by molar-refractivity contribution is 6.32. The van der Waals surface area contributed by atoms with Gasteiger partial charge in [-0.15, -0.1) is 0 Å². The van der Waals surface area contributed by atoms with Crippen LogP contribution in [0.15, 0.2) is 48.2 Å². The van der Waals surface area contributed by atoms with Crippen LogP contribution in [-0.2, 0) is 21.4 Å².